The molecular weight excluding hydrogens is 272 g/mol. The Morgan fingerprint density at radius 3 is 2.09 bits per heavy atom. The molecule has 0 amide bonds. The first-order valence-electron chi connectivity index (χ1n) is 8.50. The Balaban J connectivity index is 2.06. The lowest BCUT2D eigenvalue weighted by molar-refractivity contribution is -0.246. The first-order chi connectivity index (χ1) is 10.2. The Labute approximate surface area is 135 Å². The van der Waals surface area contributed by atoms with Gasteiger partial charge in [-0.3, -0.25) is 0 Å². The van der Waals surface area contributed by atoms with Crippen LogP contribution in [0.3, 0.4) is 0 Å². The van der Waals surface area contributed by atoms with Crippen molar-refractivity contribution in [1.82, 2.24) is 10.4 Å². The zero-order valence-electron chi connectivity index (χ0n) is 15.0. The summed E-state index contributed by atoms with van der Waals surface area (Å²) < 4.78 is 0. The van der Waals surface area contributed by atoms with Gasteiger partial charge in [0.1, 0.15) is 0 Å². The first kappa shape index (κ1) is 17.5. The second-order valence-corrected chi connectivity index (χ2v) is 8.03. The second kappa shape index (κ2) is 6.31. The van der Waals surface area contributed by atoms with E-state index in [0.29, 0.717) is 12.1 Å². The van der Waals surface area contributed by atoms with Crippen molar-refractivity contribution in [2.24, 2.45) is 0 Å². The molecule has 0 radical (unpaired) electrons. The molecule has 1 saturated heterocycles. The van der Waals surface area contributed by atoms with Crippen LogP contribution in [0.2, 0.25) is 0 Å². The van der Waals surface area contributed by atoms with Crippen molar-refractivity contribution in [2.75, 3.05) is 0 Å². The first-order valence-corrected chi connectivity index (χ1v) is 8.50. The van der Waals surface area contributed by atoms with Crippen molar-refractivity contribution in [3.8, 4) is 0 Å². The summed E-state index contributed by atoms with van der Waals surface area (Å²) in [7, 11) is 0. The van der Waals surface area contributed by atoms with Crippen molar-refractivity contribution in [3.63, 3.8) is 0 Å². The molecule has 2 rings (SSSR count). The maximum absolute atomic E-state index is 10.4. The fourth-order valence-corrected chi connectivity index (χ4v) is 3.88. The lowest BCUT2D eigenvalue weighted by Crippen LogP contribution is -2.62. The predicted molar refractivity (Wildman–Crippen MR) is 92.2 cm³/mol. The minimum Gasteiger partial charge on any atom is -0.313 e. The number of aryl methyl sites for hydroxylation is 1. The number of rotatable bonds is 4. The van der Waals surface area contributed by atoms with Crippen molar-refractivity contribution in [2.45, 2.75) is 84.0 Å². The second-order valence-electron chi connectivity index (χ2n) is 8.03. The van der Waals surface area contributed by atoms with E-state index in [1.807, 2.05) is 0 Å². The molecule has 1 aliphatic heterocycles. The number of nitrogens with zero attached hydrogens (tertiary/aromatic N) is 1. The maximum atomic E-state index is 10.4. The molecule has 1 aromatic carbocycles. The van der Waals surface area contributed by atoms with Crippen LogP contribution in [-0.2, 0) is 6.42 Å². The quantitative estimate of drug-likeness (QED) is 0.870. The van der Waals surface area contributed by atoms with Crippen LogP contribution in [0, 0.1) is 0 Å². The summed E-state index contributed by atoms with van der Waals surface area (Å²) in [4.78, 5) is 0. The Kier molecular flexibility index (Phi) is 5.00. The number of hydroxylamine groups is 2. The highest BCUT2D eigenvalue weighted by Crippen LogP contribution is 2.37. The summed E-state index contributed by atoms with van der Waals surface area (Å²) in [5.41, 5.74) is 2.31. The third-order valence-electron chi connectivity index (χ3n) is 5.01. The molecule has 1 atom stereocenters. The molecule has 124 valence electrons. The van der Waals surface area contributed by atoms with Crippen LogP contribution in [0.5, 0.6) is 0 Å². The van der Waals surface area contributed by atoms with Gasteiger partial charge in [-0.25, -0.2) is 0 Å². The lowest BCUT2D eigenvalue weighted by Gasteiger charge is -2.52. The monoisotopic (exact) mass is 304 g/mol. The van der Waals surface area contributed by atoms with Crippen LogP contribution in [-0.4, -0.2) is 27.4 Å². The molecule has 1 fully saturated rings. The molecule has 3 nitrogen and oxygen atoms in total. The molecule has 1 aliphatic rings. The van der Waals surface area contributed by atoms with Gasteiger partial charge in [0.25, 0.3) is 0 Å². The standard InChI is InChI=1S/C19H32N2O/c1-7-15-8-10-16(11-9-15)14(2)20-17-12-18(3,4)21(22)19(5,6)13-17/h8-11,14,17,20,22H,7,12-13H2,1-6H3. The molecule has 2 N–H and O–H groups in total. The highest BCUT2D eigenvalue weighted by atomic mass is 16.5. The smallest absolute Gasteiger partial charge is 0.0425 e. The summed E-state index contributed by atoms with van der Waals surface area (Å²) in [5.74, 6) is 0. The van der Waals surface area contributed by atoms with E-state index in [2.05, 4.69) is 71.1 Å². The van der Waals surface area contributed by atoms with Crippen molar-refractivity contribution >= 4 is 0 Å². The zero-order chi connectivity index (χ0) is 16.5. The fourth-order valence-electron chi connectivity index (χ4n) is 3.88. The van der Waals surface area contributed by atoms with E-state index >= 15 is 0 Å². The van der Waals surface area contributed by atoms with Crippen LogP contribution in [0.25, 0.3) is 0 Å². The van der Waals surface area contributed by atoms with E-state index in [9.17, 15) is 5.21 Å². The maximum Gasteiger partial charge on any atom is 0.0425 e. The van der Waals surface area contributed by atoms with Crippen LogP contribution in [0.15, 0.2) is 24.3 Å². The van der Waals surface area contributed by atoms with Crippen molar-refractivity contribution < 1.29 is 5.21 Å². The SMILES string of the molecule is CCc1ccc(C(C)NC2CC(C)(C)N(O)C(C)(C)C2)cc1. The number of benzene rings is 1. The van der Waals surface area contributed by atoms with Crippen LogP contribution in [0.4, 0.5) is 0 Å². The van der Waals surface area contributed by atoms with Gasteiger partial charge >= 0.3 is 0 Å². The molecule has 1 heterocycles. The van der Waals surface area contributed by atoms with E-state index < -0.39 is 0 Å². The molecule has 0 spiro atoms. The topological polar surface area (TPSA) is 35.5 Å². The number of nitrogens with one attached hydrogen (secondary N) is 1. The highest BCUT2D eigenvalue weighted by Gasteiger charge is 2.45. The Bertz CT molecular complexity index is 475. The van der Waals surface area contributed by atoms with Gasteiger partial charge in [-0.2, -0.15) is 5.06 Å². The third kappa shape index (κ3) is 3.70. The van der Waals surface area contributed by atoms with Gasteiger partial charge in [0.05, 0.1) is 0 Å². The molecule has 0 bridgehead atoms. The minimum absolute atomic E-state index is 0.203. The molecule has 3 heteroatoms. The average molecular weight is 304 g/mol. The third-order valence-corrected chi connectivity index (χ3v) is 5.01. The van der Waals surface area contributed by atoms with Gasteiger partial charge in [0, 0.05) is 23.2 Å². The normalized spacial score (nSPS) is 23.4. The summed E-state index contributed by atoms with van der Waals surface area (Å²) in [6.07, 6.45) is 2.98. The summed E-state index contributed by atoms with van der Waals surface area (Å²) in [5, 5.41) is 15.7. The van der Waals surface area contributed by atoms with Gasteiger partial charge in [-0.1, -0.05) is 31.2 Å². The summed E-state index contributed by atoms with van der Waals surface area (Å²) in [6, 6.07) is 9.64. The number of hydrogen-bond donors (Lipinski definition) is 2. The van der Waals surface area contributed by atoms with Gasteiger partial charge in [0.2, 0.25) is 0 Å². The number of hydrogen-bond acceptors (Lipinski definition) is 3. The largest absolute Gasteiger partial charge is 0.313 e. The lowest BCUT2D eigenvalue weighted by atomic mass is 9.78. The Hall–Kier alpha value is -0.900. The van der Waals surface area contributed by atoms with Gasteiger partial charge < -0.3 is 10.5 Å². The number of piperidine rings is 1. The average Bonchev–Trinajstić information content (AvgIpc) is 2.44. The molecule has 22 heavy (non-hydrogen) atoms. The van der Waals surface area contributed by atoms with E-state index in [1.165, 1.54) is 11.1 Å². The molecule has 0 aromatic heterocycles. The van der Waals surface area contributed by atoms with Gasteiger partial charge in [0.15, 0.2) is 0 Å². The van der Waals surface area contributed by atoms with Crippen LogP contribution >= 0.6 is 0 Å². The van der Waals surface area contributed by atoms with E-state index in [1.54, 1.807) is 5.06 Å². The molecule has 1 aromatic rings. The molecule has 1 unspecified atom stereocenters. The minimum atomic E-state index is -0.203. The van der Waals surface area contributed by atoms with Crippen molar-refractivity contribution in [1.29, 1.82) is 0 Å². The van der Waals surface area contributed by atoms with Crippen molar-refractivity contribution in [3.05, 3.63) is 35.4 Å². The zero-order valence-corrected chi connectivity index (χ0v) is 15.0. The van der Waals surface area contributed by atoms with E-state index in [-0.39, 0.29) is 11.1 Å². The van der Waals surface area contributed by atoms with Gasteiger partial charge in [-0.15, -0.1) is 0 Å². The van der Waals surface area contributed by atoms with E-state index in [0.717, 1.165) is 19.3 Å². The Morgan fingerprint density at radius 1 is 1.14 bits per heavy atom. The predicted octanol–water partition coefficient (Wildman–Crippen LogP) is 4.31. The van der Waals surface area contributed by atoms with Crippen LogP contribution in [0.1, 0.15) is 71.6 Å². The highest BCUT2D eigenvalue weighted by molar-refractivity contribution is 5.24. The van der Waals surface area contributed by atoms with Gasteiger partial charge in [-0.05, 0) is 65.0 Å². The summed E-state index contributed by atoms with van der Waals surface area (Å²) in [6.45, 7) is 12.9. The molecule has 0 aliphatic carbocycles. The van der Waals surface area contributed by atoms with E-state index in [4.69, 9.17) is 0 Å². The molecule has 0 saturated carbocycles. The fraction of sp³-hybridized carbons (Fsp3) is 0.684. The summed E-state index contributed by atoms with van der Waals surface area (Å²) >= 11 is 0. The van der Waals surface area contributed by atoms with Crippen LogP contribution < -0.4 is 5.32 Å². The Morgan fingerprint density at radius 2 is 1.64 bits per heavy atom. The molecular formula is C19H32N2O.